The number of ether oxygens (including phenoxy) is 1. The van der Waals surface area contributed by atoms with Gasteiger partial charge in [-0.25, -0.2) is 4.98 Å². The van der Waals surface area contributed by atoms with Gasteiger partial charge in [0.05, 0.1) is 15.2 Å². The number of thiazole rings is 1. The number of carbonyl (C=O) groups excluding carboxylic acids is 1. The Morgan fingerprint density at radius 2 is 1.88 bits per heavy atom. The first-order valence-electron chi connectivity index (χ1n) is 6.91. The molecule has 0 unspecified atom stereocenters. The number of aromatic nitrogens is 1. The van der Waals surface area contributed by atoms with Crippen LogP contribution in [0.25, 0.3) is 10.2 Å². The zero-order valence-electron chi connectivity index (χ0n) is 12.3. The van der Waals surface area contributed by atoms with Crippen molar-refractivity contribution in [2.75, 3.05) is 5.32 Å². The van der Waals surface area contributed by atoms with E-state index in [1.807, 2.05) is 0 Å². The summed E-state index contributed by atoms with van der Waals surface area (Å²) in [5.41, 5.74) is 0.772. The van der Waals surface area contributed by atoms with Crippen molar-refractivity contribution in [3.63, 3.8) is 0 Å². The number of nitrogens with one attached hydrogen (secondary N) is 1. The third-order valence-electron chi connectivity index (χ3n) is 3.15. The Bertz CT molecular complexity index is 913. The van der Waals surface area contributed by atoms with E-state index in [-0.39, 0.29) is 5.91 Å². The lowest BCUT2D eigenvalue weighted by Gasteiger charge is -2.14. The maximum atomic E-state index is 12.3. The summed E-state index contributed by atoms with van der Waals surface area (Å²) < 4.78 is 6.48. The van der Waals surface area contributed by atoms with E-state index in [4.69, 9.17) is 39.5 Å². The Morgan fingerprint density at radius 1 is 1.17 bits per heavy atom. The minimum atomic E-state index is -0.751. The first-order chi connectivity index (χ1) is 11.4. The maximum absolute atomic E-state index is 12.3. The molecule has 4 nitrogen and oxygen atoms in total. The van der Waals surface area contributed by atoms with Crippen LogP contribution in [0.5, 0.6) is 5.75 Å². The maximum Gasteiger partial charge on any atom is 0.266 e. The summed E-state index contributed by atoms with van der Waals surface area (Å²) in [5, 5.41) is 4.68. The van der Waals surface area contributed by atoms with Crippen LogP contribution in [0.1, 0.15) is 6.92 Å². The molecule has 124 valence electrons. The smallest absolute Gasteiger partial charge is 0.266 e. The molecule has 1 amide bonds. The second-order valence-electron chi connectivity index (χ2n) is 4.96. The number of carbonyl (C=O) groups is 1. The molecule has 0 bridgehead atoms. The van der Waals surface area contributed by atoms with Crippen LogP contribution in [-0.2, 0) is 4.79 Å². The van der Waals surface area contributed by atoms with Crippen molar-refractivity contribution in [3.05, 3.63) is 51.5 Å². The predicted molar refractivity (Wildman–Crippen MR) is 99.8 cm³/mol. The monoisotopic (exact) mass is 400 g/mol. The molecule has 1 heterocycles. The molecule has 0 radical (unpaired) electrons. The standard InChI is InChI=1S/C16H11Cl3N2O2S/c1-8(23-13-5-3-9(17)6-11(13)19)15(22)21-16-20-12-4-2-10(18)7-14(12)24-16/h2-8H,1H3,(H,20,21,22)/t8-/m0/s1. The lowest BCUT2D eigenvalue weighted by Crippen LogP contribution is -2.30. The van der Waals surface area contributed by atoms with Crippen LogP contribution in [0, 0.1) is 0 Å². The van der Waals surface area contributed by atoms with Crippen molar-refractivity contribution in [1.82, 2.24) is 4.98 Å². The normalized spacial score (nSPS) is 12.2. The molecule has 2 aromatic carbocycles. The van der Waals surface area contributed by atoms with E-state index in [2.05, 4.69) is 10.3 Å². The topological polar surface area (TPSA) is 51.2 Å². The molecule has 0 aliphatic heterocycles. The molecule has 24 heavy (non-hydrogen) atoms. The second-order valence-corrected chi connectivity index (χ2v) is 7.27. The Morgan fingerprint density at radius 3 is 2.62 bits per heavy atom. The SMILES string of the molecule is C[C@H](Oc1ccc(Cl)cc1Cl)C(=O)Nc1nc2ccc(Cl)cc2s1. The Balaban J connectivity index is 1.70. The number of amides is 1. The third-order valence-corrected chi connectivity index (χ3v) is 4.85. The highest BCUT2D eigenvalue weighted by molar-refractivity contribution is 7.22. The summed E-state index contributed by atoms with van der Waals surface area (Å²) >= 11 is 19.2. The summed E-state index contributed by atoms with van der Waals surface area (Å²) in [6.07, 6.45) is -0.751. The van der Waals surface area contributed by atoms with Gasteiger partial charge >= 0.3 is 0 Å². The van der Waals surface area contributed by atoms with Gasteiger partial charge < -0.3 is 4.74 Å². The molecule has 0 fully saturated rings. The van der Waals surface area contributed by atoms with E-state index in [9.17, 15) is 4.79 Å². The molecule has 1 atom stereocenters. The fourth-order valence-electron chi connectivity index (χ4n) is 1.97. The predicted octanol–water partition coefficient (Wildman–Crippen LogP) is 5.66. The molecular formula is C16H11Cl3N2O2S. The summed E-state index contributed by atoms with van der Waals surface area (Å²) in [4.78, 5) is 16.6. The zero-order chi connectivity index (χ0) is 17.3. The van der Waals surface area contributed by atoms with Crippen LogP contribution in [0.3, 0.4) is 0 Å². The van der Waals surface area contributed by atoms with Crippen molar-refractivity contribution in [3.8, 4) is 5.75 Å². The van der Waals surface area contributed by atoms with Gasteiger partial charge in [-0.15, -0.1) is 0 Å². The van der Waals surface area contributed by atoms with Crippen LogP contribution in [0.15, 0.2) is 36.4 Å². The van der Waals surface area contributed by atoms with Crippen LogP contribution < -0.4 is 10.1 Å². The molecule has 0 spiro atoms. The molecule has 1 N–H and O–H groups in total. The minimum Gasteiger partial charge on any atom is -0.479 e. The van der Waals surface area contributed by atoms with Gasteiger partial charge in [0, 0.05) is 10.0 Å². The van der Waals surface area contributed by atoms with Crippen molar-refractivity contribution in [2.24, 2.45) is 0 Å². The number of rotatable bonds is 4. The first-order valence-corrected chi connectivity index (χ1v) is 8.86. The quantitative estimate of drug-likeness (QED) is 0.613. The summed E-state index contributed by atoms with van der Waals surface area (Å²) in [6.45, 7) is 1.63. The summed E-state index contributed by atoms with van der Waals surface area (Å²) in [7, 11) is 0. The van der Waals surface area contributed by atoms with Crippen molar-refractivity contribution in [1.29, 1.82) is 0 Å². The highest BCUT2D eigenvalue weighted by Gasteiger charge is 2.18. The molecule has 1 aromatic heterocycles. The molecule has 3 rings (SSSR count). The number of hydrogen-bond acceptors (Lipinski definition) is 4. The summed E-state index contributed by atoms with van der Waals surface area (Å²) in [5.74, 6) is 0.0611. The number of halogens is 3. The van der Waals surface area contributed by atoms with Gasteiger partial charge in [-0.3, -0.25) is 10.1 Å². The molecule has 0 aliphatic carbocycles. The molecule has 0 aliphatic rings. The van der Waals surface area contributed by atoms with Crippen LogP contribution >= 0.6 is 46.1 Å². The highest BCUT2D eigenvalue weighted by Crippen LogP contribution is 2.30. The van der Waals surface area contributed by atoms with Gasteiger partial charge in [-0.2, -0.15) is 0 Å². The Kier molecular flexibility index (Phi) is 5.15. The lowest BCUT2D eigenvalue weighted by molar-refractivity contribution is -0.122. The average molecular weight is 402 g/mol. The highest BCUT2D eigenvalue weighted by atomic mass is 35.5. The van der Waals surface area contributed by atoms with Gasteiger partial charge in [0.2, 0.25) is 0 Å². The van der Waals surface area contributed by atoms with Gasteiger partial charge in [-0.1, -0.05) is 46.1 Å². The number of nitrogens with zero attached hydrogens (tertiary/aromatic N) is 1. The third kappa shape index (κ3) is 3.92. The molecule has 3 aromatic rings. The number of fused-ring (bicyclic) bond motifs is 1. The van der Waals surface area contributed by atoms with E-state index in [1.54, 1.807) is 43.3 Å². The van der Waals surface area contributed by atoms with Crippen molar-refractivity contribution < 1.29 is 9.53 Å². The zero-order valence-corrected chi connectivity index (χ0v) is 15.4. The average Bonchev–Trinajstić information content (AvgIpc) is 2.91. The lowest BCUT2D eigenvalue weighted by atomic mass is 10.3. The number of hydrogen-bond donors (Lipinski definition) is 1. The van der Waals surface area contributed by atoms with Gasteiger partial charge in [-0.05, 0) is 43.3 Å². The summed E-state index contributed by atoms with van der Waals surface area (Å²) in [6, 6.07) is 10.2. The molecular weight excluding hydrogens is 391 g/mol. The van der Waals surface area contributed by atoms with Gasteiger partial charge in [0.15, 0.2) is 11.2 Å². The largest absolute Gasteiger partial charge is 0.479 e. The van der Waals surface area contributed by atoms with Crippen LogP contribution in [-0.4, -0.2) is 17.0 Å². The first kappa shape index (κ1) is 17.3. The van der Waals surface area contributed by atoms with Crippen molar-refractivity contribution >= 4 is 67.4 Å². The molecule has 0 saturated carbocycles. The Labute approximate surface area is 157 Å². The van der Waals surface area contributed by atoms with E-state index in [1.165, 1.54) is 11.3 Å². The molecule has 8 heteroatoms. The van der Waals surface area contributed by atoms with E-state index in [0.717, 1.165) is 10.2 Å². The van der Waals surface area contributed by atoms with E-state index < -0.39 is 6.10 Å². The number of benzene rings is 2. The number of anilines is 1. The second kappa shape index (κ2) is 7.15. The van der Waals surface area contributed by atoms with Gasteiger partial charge in [0.1, 0.15) is 5.75 Å². The van der Waals surface area contributed by atoms with Crippen LogP contribution in [0.2, 0.25) is 15.1 Å². The van der Waals surface area contributed by atoms with E-state index >= 15 is 0 Å². The fraction of sp³-hybridized carbons (Fsp3) is 0.125. The Hall–Kier alpha value is -1.53. The fourth-order valence-corrected chi connectivity index (χ4v) is 3.57. The van der Waals surface area contributed by atoms with Crippen molar-refractivity contribution in [2.45, 2.75) is 13.0 Å². The molecule has 0 saturated heterocycles. The van der Waals surface area contributed by atoms with Gasteiger partial charge in [0.25, 0.3) is 5.91 Å². The van der Waals surface area contributed by atoms with Crippen LogP contribution in [0.4, 0.5) is 5.13 Å². The van der Waals surface area contributed by atoms with E-state index in [0.29, 0.717) is 25.9 Å². The minimum absolute atomic E-state index is 0.328.